The van der Waals surface area contributed by atoms with E-state index in [0.717, 1.165) is 19.3 Å². The second-order valence-electron chi connectivity index (χ2n) is 13.1. The molecule has 5 N–H and O–H groups in total. The van der Waals surface area contributed by atoms with E-state index in [1.54, 1.807) is 0 Å². The zero-order valence-corrected chi connectivity index (χ0v) is 23.8. The number of nitrogens with two attached hydrogens (primary N) is 1. The second-order valence-corrected chi connectivity index (χ2v) is 13.1. The summed E-state index contributed by atoms with van der Waals surface area (Å²) >= 11 is 0. The number of rotatable bonds is 9. The molecule has 1 aliphatic carbocycles. The number of carbonyl (C=O) groups excluding carboxylic acids is 5. The Bertz CT molecular complexity index is 885. The molecule has 37 heavy (non-hydrogen) atoms. The van der Waals surface area contributed by atoms with Gasteiger partial charge in [0, 0.05) is 12.1 Å². The number of primary amides is 1. The molecule has 0 spiro atoms. The van der Waals surface area contributed by atoms with Crippen LogP contribution >= 0.6 is 0 Å². The van der Waals surface area contributed by atoms with Crippen LogP contribution in [0.1, 0.15) is 87.5 Å². The van der Waals surface area contributed by atoms with Crippen molar-refractivity contribution in [2.24, 2.45) is 28.9 Å². The molecule has 1 aliphatic heterocycles. The first kappa shape index (κ1) is 30.6. The molecule has 4 atom stereocenters. The van der Waals surface area contributed by atoms with E-state index in [1.807, 2.05) is 55.4 Å². The van der Waals surface area contributed by atoms with Crippen LogP contribution in [0, 0.1) is 23.2 Å². The van der Waals surface area contributed by atoms with Crippen LogP contribution in [-0.4, -0.2) is 64.6 Å². The van der Waals surface area contributed by atoms with Gasteiger partial charge in [0.15, 0.2) is 0 Å². The van der Waals surface area contributed by atoms with E-state index in [4.69, 9.17) is 5.73 Å². The van der Waals surface area contributed by atoms with Crippen molar-refractivity contribution < 1.29 is 24.0 Å². The van der Waals surface area contributed by atoms with Crippen LogP contribution in [0.4, 0.5) is 4.79 Å². The number of urea groups is 1. The second kappa shape index (κ2) is 11.8. The molecule has 5 amide bonds. The van der Waals surface area contributed by atoms with Gasteiger partial charge >= 0.3 is 6.03 Å². The van der Waals surface area contributed by atoms with Gasteiger partial charge in [-0.2, -0.15) is 0 Å². The molecule has 10 heteroatoms. The third kappa shape index (κ3) is 8.17. The van der Waals surface area contributed by atoms with E-state index in [1.165, 1.54) is 4.90 Å². The molecule has 1 heterocycles. The van der Waals surface area contributed by atoms with Crippen LogP contribution in [0.15, 0.2) is 0 Å². The molecule has 10 nitrogen and oxygen atoms in total. The largest absolute Gasteiger partial charge is 0.363 e. The average molecular weight is 522 g/mol. The number of Topliss-reactive ketones (excluding diaryl/α,β-unsaturated/α-hetero) is 1. The normalized spacial score (nSPS) is 22.1. The van der Waals surface area contributed by atoms with Crippen LogP contribution < -0.4 is 21.7 Å². The van der Waals surface area contributed by atoms with Crippen molar-refractivity contribution in [3.63, 3.8) is 0 Å². The number of nitrogens with one attached hydrogen (secondary N) is 3. The predicted molar refractivity (Wildman–Crippen MR) is 141 cm³/mol. The minimum Gasteiger partial charge on any atom is -0.363 e. The van der Waals surface area contributed by atoms with Crippen molar-refractivity contribution in [3.05, 3.63) is 0 Å². The Balaban J connectivity index is 2.31. The highest BCUT2D eigenvalue weighted by molar-refractivity contribution is 6.37. The Kier molecular flexibility index (Phi) is 9.76. The Labute approximate surface area is 221 Å². The van der Waals surface area contributed by atoms with Gasteiger partial charge in [0.05, 0.1) is 6.04 Å². The van der Waals surface area contributed by atoms with E-state index in [-0.39, 0.29) is 23.7 Å². The van der Waals surface area contributed by atoms with Gasteiger partial charge in [-0.3, -0.25) is 19.2 Å². The van der Waals surface area contributed by atoms with Crippen molar-refractivity contribution in [2.75, 3.05) is 6.54 Å². The SMILES string of the molecule is CC(C)C1CCN(C(=O)[C@@H](NC(=O)NC(C)(C)C)C(C)(C)C)[C@@H]1C(=O)N[C@@H](CC1CCC1)C(=O)C(N)=O. The highest BCUT2D eigenvalue weighted by Gasteiger charge is 2.48. The van der Waals surface area contributed by atoms with Gasteiger partial charge in [-0.25, -0.2) is 4.79 Å². The van der Waals surface area contributed by atoms with Gasteiger partial charge in [-0.05, 0) is 56.8 Å². The van der Waals surface area contributed by atoms with Crippen molar-refractivity contribution >= 4 is 29.5 Å². The van der Waals surface area contributed by atoms with Crippen LogP contribution in [0.5, 0.6) is 0 Å². The topological polar surface area (TPSA) is 151 Å². The maximum absolute atomic E-state index is 13.9. The molecule has 1 saturated carbocycles. The van der Waals surface area contributed by atoms with Gasteiger partial charge < -0.3 is 26.6 Å². The molecule has 1 unspecified atom stereocenters. The fourth-order valence-electron chi connectivity index (χ4n) is 5.14. The summed E-state index contributed by atoms with van der Waals surface area (Å²) in [6.07, 6.45) is 3.91. The monoisotopic (exact) mass is 521 g/mol. The minimum atomic E-state index is -1.08. The van der Waals surface area contributed by atoms with E-state index in [0.29, 0.717) is 19.4 Å². The molecule has 0 aromatic heterocycles. The zero-order valence-electron chi connectivity index (χ0n) is 23.8. The highest BCUT2D eigenvalue weighted by Crippen LogP contribution is 2.34. The smallest absolute Gasteiger partial charge is 0.315 e. The van der Waals surface area contributed by atoms with Crippen molar-refractivity contribution in [3.8, 4) is 0 Å². The van der Waals surface area contributed by atoms with Gasteiger partial charge in [-0.1, -0.05) is 53.9 Å². The van der Waals surface area contributed by atoms with Gasteiger partial charge in [0.2, 0.25) is 17.6 Å². The molecule has 0 radical (unpaired) electrons. The van der Waals surface area contributed by atoms with Gasteiger partial charge in [0.25, 0.3) is 5.91 Å². The molecule has 2 fully saturated rings. The Hall–Kier alpha value is -2.65. The number of hydrogen-bond acceptors (Lipinski definition) is 5. The lowest BCUT2D eigenvalue weighted by Crippen LogP contribution is -2.62. The summed E-state index contributed by atoms with van der Waals surface area (Å²) in [5.74, 6) is -2.49. The van der Waals surface area contributed by atoms with Crippen LogP contribution in [0.25, 0.3) is 0 Å². The van der Waals surface area contributed by atoms with Crippen LogP contribution in [-0.2, 0) is 19.2 Å². The molecule has 0 aromatic rings. The van der Waals surface area contributed by atoms with Crippen molar-refractivity contribution in [2.45, 2.75) is 111 Å². The van der Waals surface area contributed by atoms with E-state index >= 15 is 0 Å². The maximum Gasteiger partial charge on any atom is 0.315 e. The fraction of sp³-hybridized carbons (Fsp3) is 0.815. The first-order valence-electron chi connectivity index (χ1n) is 13.5. The summed E-state index contributed by atoms with van der Waals surface area (Å²) in [4.78, 5) is 66.0. The standard InChI is InChI=1S/C27H47N5O5/c1-15(2)17-12-13-32(24(36)21(26(3,4)5)30-25(37)31-27(6,7)8)19(17)23(35)29-18(20(33)22(28)34)14-16-10-9-11-16/h15-19,21H,9-14H2,1-8H3,(H2,28,34)(H,29,35)(H2,30,31,37)/t17?,18-,19-,21+/m0/s1. The number of ketones is 1. The summed E-state index contributed by atoms with van der Waals surface area (Å²) in [7, 11) is 0. The summed E-state index contributed by atoms with van der Waals surface area (Å²) < 4.78 is 0. The molecule has 210 valence electrons. The number of likely N-dealkylation sites (tertiary alicyclic amines) is 1. The third-order valence-corrected chi connectivity index (χ3v) is 7.40. The highest BCUT2D eigenvalue weighted by atomic mass is 16.2. The molecule has 2 rings (SSSR count). The molecule has 0 aromatic carbocycles. The molecule has 1 saturated heterocycles. The molecule has 0 bridgehead atoms. The Morgan fingerprint density at radius 2 is 1.54 bits per heavy atom. The minimum absolute atomic E-state index is 0.0932. The summed E-state index contributed by atoms with van der Waals surface area (Å²) in [6.45, 7) is 15.5. The van der Waals surface area contributed by atoms with Crippen molar-refractivity contribution in [1.82, 2.24) is 20.9 Å². The zero-order chi connectivity index (χ0) is 28.3. The lowest BCUT2D eigenvalue weighted by atomic mass is 9.80. The van der Waals surface area contributed by atoms with E-state index < -0.39 is 52.7 Å². The fourth-order valence-corrected chi connectivity index (χ4v) is 5.14. The van der Waals surface area contributed by atoms with Crippen LogP contribution in [0.3, 0.4) is 0 Å². The van der Waals surface area contributed by atoms with E-state index in [9.17, 15) is 24.0 Å². The Morgan fingerprint density at radius 3 is 1.97 bits per heavy atom. The van der Waals surface area contributed by atoms with Crippen molar-refractivity contribution in [1.29, 1.82) is 0 Å². The first-order valence-corrected chi connectivity index (χ1v) is 13.5. The first-order chi connectivity index (χ1) is 16.9. The summed E-state index contributed by atoms with van der Waals surface area (Å²) in [5, 5.41) is 8.42. The number of hydrogen-bond donors (Lipinski definition) is 4. The molecular weight excluding hydrogens is 474 g/mol. The average Bonchev–Trinajstić information content (AvgIpc) is 3.16. The predicted octanol–water partition coefficient (Wildman–Crippen LogP) is 2.10. The number of amides is 5. The molecular formula is C27H47N5O5. The lowest BCUT2D eigenvalue weighted by molar-refractivity contribution is -0.144. The Morgan fingerprint density at radius 1 is 0.946 bits per heavy atom. The third-order valence-electron chi connectivity index (χ3n) is 7.40. The quantitative estimate of drug-likeness (QED) is 0.343. The van der Waals surface area contributed by atoms with Gasteiger partial charge in [0.1, 0.15) is 12.1 Å². The summed E-state index contributed by atoms with van der Waals surface area (Å²) in [5.41, 5.74) is 4.16. The van der Waals surface area contributed by atoms with Gasteiger partial charge in [-0.15, -0.1) is 0 Å². The summed E-state index contributed by atoms with van der Waals surface area (Å²) in [6, 6.07) is -3.17. The number of carbonyl (C=O) groups is 5. The lowest BCUT2D eigenvalue weighted by Gasteiger charge is -2.37. The number of nitrogens with zero attached hydrogens (tertiary/aromatic N) is 1. The molecule has 2 aliphatic rings. The van der Waals surface area contributed by atoms with Crippen LogP contribution in [0.2, 0.25) is 0 Å². The maximum atomic E-state index is 13.9. The van der Waals surface area contributed by atoms with E-state index in [2.05, 4.69) is 16.0 Å².